The van der Waals surface area contributed by atoms with Crippen molar-refractivity contribution in [1.82, 2.24) is 9.97 Å². The van der Waals surface area contributed by atoms with Crippen molar-refractivity contribution in [3.05, 3.63) is 17.5 Å². The van der Waals surface area contributed by atoms with Crippen LogP contribution in [0.25, 0.3) is 0 Å². The molecule has 1 aromatic heterocycles. The van der Waals surface area contributed by atoms with Gasteiger partial charge in [0.05, 0.1) is 5.54 Å². The van der Waals surface area contributed by atoms with Crippen LogP contribution in [0.5, 0.6) is 0 Å². The van der Waals surface area contributed by atoms with Crippen molar-refractivity contribution < 1.29 is 0 Å². The van der Waals surface area contributed by atoms with E-state index in [2.05, 4.69) is 15.3 Å². The van der Waals surface area contributed by atoms with Crippen LogP contribution in [-0.2, 0) is 0 Å². The summed E-state index contributed by atoms with van der Waals surface area (Å²) in [5, 5.41) is 3.31. The van der Waals surface area contributed by atoms with Crippen molar-refractivity contribution in [2.24, 2.45) is 0 Å². The lowest BCUT2D eigenvalue weighted by Gasteiger charge is -2.14. The Morgan fingerprint density at radius 2 is 1.93 bits per heavy atom. The molecule has 0 spiro atoms. The molecule has 76 valence electrons. The Balaban J connectivity index is 2.16. The minimum Gasteiger partial charge on any atom is -0.348 e. The third-order valence-corrected chi connectivity index (χ3v) is 2.98. The lowest BCUT2D eigenvalue weighted by Crippen LogP contribution is -2.24. The van der Waals surface area contributed by atoms with Crippen LogP contribution in [0.1, 0.15) is 24.2 Å². The molecule has 1 saturated carbocycles. The molecule has 0 aromatic carbocycles. The van der Waals surface area contributed by atoms with E-state index in [1.165, 1.54) is 0 Å². The Labute approximate surface area is 88.9 Å². The van der Waals surface area contributed by atoms with Crippen LogP contribution in [0, 0.1) is 13.8 Å². The molecular weight excluding hydrogens is 198 g/mol. The van der Waals surface area contributed by atoms with Gasteiger partial charge in [-0.3, -0.25) is 0 Å². The molecule has 1 aliphatic rings. The van der Waals surface area contributed by atoms with E-state index in [1.54, 1.807) is 0 Å². The highest BCUT2D eigenvalue weighted by Gasteiger charge is 2.42. The van der Waals surface area contributed by atoms with E-state index < -0.39 is 0 Å². The van der Waals surface area contributed by atoms with Gasteiger partial charge in [0.2, 0.25) is 5.95 Å². The van der Waals surface area contributed by atoms with E-state index in [4.69, 9.17) is 11.6 Å². The van der Waals surface area contributed by atoms with Crippen LogP contribution in [-0.4, -0.2) is 21.4 Å². The van der Waals surface area contributed by atoms with Gasteiger partial charge in [0.1, 0.15) is 0 Å². The van der Waals surface area contributed by atoms with E-state index in [0.717, 1.165) is 24.2 Å². The van der Waals surface area contributed by atoms with Crippen molar-refractivity contribution in [2.75, 3.05) is 11.2 Å². The summed E-state index contributed by atoms with van der Waals surface area (Å²) in [5.74, 6) is 1.34. The van der Waals surface area contributed by atoms with Crippen molar-refractivity contribution in [3.63, 3.8) is 0 Å². The lowest BCUT2D eigenvalue weighted by molar-refractivity contribution is 0.812. The number of hydrogen-bond donors (Lipinski definition) is 1. The number of hydrogen-bond acceptors (Lipinski definition) is 3. The number of nitrogens with one attached hydrogen (secondary N) is 1. The maximum atomic E-state index is 5.87. The average Bonchev–Trinajstić information content (AvgIpc) is 2.83. The molecule has 1 fully saturated rings. The number of aromatic nitrogens is 2. The fourth-order valence-electron chi connectivity index (χ4n) is 1.46. The quantitative estimate of drug-likeness (QED) is 0.780. The van der Waals surface area contributed by atoms with E-state index in [-0.39, 0.29) is 5.54 Å². The summed E-state index contributed by atoms with van der Waals surface area (Å²) in [5.41, 5.74) is 2.05. The molecule has 0 unspecified atom stereocenters. The zero-order chi connectivity index (χ0) is 10.2. The van der Waals surface area contributed by atoms with E-state index in [0.29, 0.717) is 11.8 Å². The number of anilines is 1. The number of nitrogens with zero attached hydrogens (tertiary/aromatic N) is 2. The van der Waals surface area contributed by atoms with Crippen molar-refractivity contribution >= 4 is 17.5 Å². The Kier molecular flexibility index (Phi) is 2.35. The fourth-order valence-corrected chi connectivity index (χ4v) is 1.80. The largest absolute Gasteiger partial charge is 0.348 e. The second kappa shape index (κ2) is 3.39. The summed E-state index contributed by atoms with van der Waals surface area (Å²) in [6, 6.07) is 1.96. The molecule has 1 aromatic rings. The average molecular weight is 212 g/mol. The van der Waals surface area contributed by atoms with Gasteiger partial charge in [-0.1, -0.05) is 0 Å². The normalized spacial score (nSPS) is 17.9. The zero-order valence-electron chi connectivity index (χ0n) is 8.47. The van der Waals surface area contributed by atoms with Crippen LogP contribution in [0.15, 0.2) is 6.07 Å². The van der Waals surface area contributed by atoms with Gasteiger partial charge < -0.3 is 5.32 Å². The maximum Gasteiger partial charge on any atom is 0.223 e. The molecule has 1 N–H and O–H groups in total. The van der Waals surface area contributed by atoms with Crippen molar-refractivity contribution in [1.29, 1.82) is 0 Å². The molecule has 0 atom stereocenters. The van der Waals surface area contributed by atoms with E-state index in [1.807, 2.05) is 19.9 Å². The molecule has 0 radical (unpaired) electrons. The highest BCUT2D eigenvalue weighted by molar-refractivity contribution is 6.19. The third kappa shape index (κ3) is 1.98. The van der Waals surface area contributed by atoms with Gasteiger partial charge in [0, 0.05) is 17.3 Å². The Morgan fingerprint density at radius 1 is 1.36 bits per heavy atom. The minimum absolute atomic E-state index is 0.0712. The molecule has 0 aliphatic heterocycles. The molecule has 0 amide bonds. The highest BCUT2D eigenvalue weighted by atomic mass is 35.5. The number of alkyl halides is 1. The maximum absolute atomic E-state index is 5.87. The molecule has 1 heterocycles. The van der Waals surface area contributed by atoms with Gasteiger partial charge in [0.25, 0.3) is 0 Å². The second-order valence-corrected chi connectivity index (χ2v) is 4.28. The Bertz CT molecular complexity index is 327. The summed E-state index contributed by atoms with van der Waals surface area (Å²) in [6.45, 7) is 3.94. The summed E-state index contributed by atoms with van der Waals surface area (Å²) in [4.78, 5) is 8.65. The molecule has 14 heavy (non-hydrogen) atoms. The van der Waals surface area contributed by atoms with Gasteiger partial charge in [-0.15, -0.1) is 11.6 Å². The first-order valence-electron chi connectivity index (χ1n) is 4.80. The van der Waals surface area contributed by atoms with Crippen LogP contribution in [0.3, 0.4) is 0 Å². The van der Waals surface area contributed by atoms with Crippen LogP contribution in [0.2, 0.25) is 0 Å². The monoisotopic (exact) mass is 211 g/mol. The van der Waals surface area contributed by atoms with Crippen LogP contribution in [0.4, 0.5) is 5.95 Å². The van der Waals surface area contributed by atoms with E-state index in [9.17, 15) is 0 Å². The summed E-state index contributed by atoms with van der Waals surface area (Å²) < 4.78 is 0. The van der Waals surface area contributed by atoms with Gasteiger partial charge in [-0.2, -0.15) is 0 Å². The molecule has 0 bridgehead atoms. The Hall–Kier alpha value is -0.830. The first-order chi connectivity index (χ1) is 6.63. The summed E-state index contributed by atoms with van der Waals surface area (Å²) >= 11 is 5.87. The number of rotatable bonds is 3. The van der Waals surface area contributed by atoms with Gasteiger partial charge in [-0.25, -0.2) is 9.97 Å². The first kappa shape index (κ1) is 9.71. The van der Waals surface area contributed by atoms with Gasteiger partial charge in [0.15, 0.2) is 0 Å². The number of aryl methyl sites for hydroxylation is 2. The smallest absolute Gasteiger partial charge is 0.223 e. The van der Waals surface area contributed by atoms with Crippen LogP contribution >= 0.6 is 11.6 Å². The Morgan fingerprint density at radius 3 is 2.36 bits per heavy atom. The number of halogens is 1. The lowest BCUT2D eigenvalue weighted by atomic mass is 10.3. The predicted octanol–water partition coefficient (Wildman–Crippen LogP) is 2.28. The van der Waals surface area contributed by atoms with Crippen LogP contribution < -0.4 is 5.32 Å². The molecule has 4 heteroatoms. The zero-order valence-corrected chi connectivity index (χ0v) is 9.23. The topological polar surface area (TPSA) is 37.8 Å². The fraction of sp³-hybridized carbons (Fsp3) is 0.600. The molecule has 0 saturated heterocycles. The predicted molar refractivity (Wildman–Crippen MR) is 57.8 cm³/mol. The van der Waals surface area contributed by atoms with E-state index >= 15 is 0 Å². The SMILES string of the molecule is Cc1cc(C)nc(NC2(CCl)CC2)n1. The standard InChI is InChI=1S/C10H14ClN3/c1-7-5-8(2)13-9(12-7)14-10(6-11)3-4-10/h5H,3-4,6H2,1-2H3,(H,12,13,14). The molecular formula is C10H14ClN3. The second-order valence-electron chi connectivity index (χ2n) is 4.01. The summed E-state index contributed by atoms with van der Waals surface area (Å²) in [6.07, 6.45) is 2.24. The minimum atomic E-state index is 0.0712. The van der Waals surface area contributed by atoms with Gasteiger partial charge >= 0.3 is 0 Å². The molecule has 2 rings (SSSR count). The van der Waals surface area contributed by atoms with Crippen molar-refractivity contribution in [3.8, 4) is 0 Å². The third-order valence-electron chi connectivity index (χ3n) is 2.47. The molecule has 3 nitrogen and oxygen atoms in total. The van der Waals surface area contributed by atoms with Crippen molar-refractivity contribution in [2.45, 2.75) is 32.2 Å². The summed E-state index contributed by atoms with van der Waals surface area (Å²) in [7, 11) is 0. The molecule has 1 aliphatic carbocycles. The highest BCUT2D eigenvalue weighted by Crippen LogP contribution is 2.39. The first-order valence-corrected chi connectivity index (χ1v) is 5.33. The van der Waals surface area contributed by atoms with Gasteiger partial charge in [-0.05, 0) is 32.8 Å².